The Morgan fingerprint density at radius 3 is 2.41 bits per heavy atom. The molecule has 0 aliphatic rings. The summed E-state index contributed by atoms with van der Waals surface area (Å²) in [4.78, 5) is 10.9. The van der Waals surface area contributed by atoms with Gasteiger partial charge in [0.1, 0.15) is 5.75 Å². The van der Waals surface area contributed by atoms with Crippen LogP contribution in [0.3, 0.4) is 0 Å². The highest BCUT2D eigenvalue weighted by Gasteiger charge is 2.26. The van der Waals surface area contributed by atoms with Gasteiger partial charge in [-0.3, -0.25) is 4.79 Å². The molecule has 0 aliphatic heterocycles. The van der Waals surface area contributed by atoms with Crippen molar-refractivity contribution >= 4 is 5.97 Å². The molecule has 0 heterocycles. The fourth-order valence-corrected chi connectivity index (χ4v) is 1.45. The van der Waals surface area contributed by atoms with E-state index in [1.54, 1.807) is 13.8 Å². The zero-order valence-electron chi connectivity index (χ0n) is 10.7. The van der Waals surface area contributed by atoms with Gasteiger partial charge in [0.25, 0.3) is 0 Å². The smallest absolute Gasteiger partial charge is 0.309 e. The third-order valence-corrected chi connectivity index (χ3v) is 2.81. The number of aliphatic carboxylic acids is 1. The first-order valence-electron chi connectivity index (χ1n) is 5.85. The van der Waals surface area contributed by atoms with Gasteiger partial charge in [0.05, 0.1) is 12.0 Å². The zero-order valence-corrected chi connectivity index (χ0v) is 10.7. The average molecular weight is 236 g/mol. The van der Waals surface area contributed by atoms with E-state index in [2.05, 4.69) is 0 Å². The van der Waals surface area contributed by atoms with E-state index in [0.717, 1.165) is 12.2 Å². The van der Waals surface area contributed by atoms with Crippen molar-refractivity contribution in [3.05, 3.63) is 29.8 Å². The third kappa shape index (κ3) is 4.47. The summed E-state index contributed by atoms with van der Waals surface area (Å²) in [5, 5.41) is 8.95. The number of carbonyl (C=O) groups is 1. The number of rotatable bonds is 6. The van der Waals surface area contributed by atoms with Gasteiger partial charge >= 0.3 is 5.97 Å². The van der Waals surface area contributed by atoms with Gasteiger partial charge in [-0.05, 0) is 45.7 Å². The molecule has 0 amide bonds. The molecule has 0 unspecified atom stereocenters. The second-order valence-electron chi connectivity index (χ2n) is 4.95. The number of aryl methyl sites for hydroxylation is 1. The molecule has 0 radical (unpaired) electrons. The lowest BCUT2D eigenvalue weighted by Crippen LogP contribution is -2.24. The van der Waals surface area contributed by atoms with E-state index in [9.17, 15) is 4.79 Å². The van der Waals surface area contributed by atoms with E-state index in [4.69, 9.17) is 9.84 Å². The summed E-state index contributed by atoms with van der Waals surface area (Å²) in [5.41, 5.74) is 0.528. The van der Waals surface area contributed by atoms with Gasteiger partial charge in [0.15, 0.2) is 0 Å². The van der Waals surface area contributed by atoms with Crippen LogP contribution in [-0.4, -0.2) is 17.7 Å². The van der Waals surface area contributed by atoms with Gasteiger partial charge in [-0.2, -0.15) is 0 Å². The molecule has 1 N–H and O–H groups in total. The van der Waals surface area contributed by atoms with Gasteiger partial charge < -0.3 is 9.84 Å². The summed E-state index contributed by atoms with van der Waals surface area (Å²) in [6.07, 6.45) is 1.36. The molecule has 1 rings (SSSR count). The minimum absolute atomic E-state index is 0.555. The highest BCUT2D eigenvalue weighted by Crippen LogP contribution is 2.22. The SMILES string of the molecule is Cc1ccc(OCCCC(C)(C)C(=O)O)cc1. The molecule has 1 aromatic rings. The van der Waals surface area contributed by atoms with Crippen LogP contribution >= 0.6 is 0 Å². The van der Waals surface area contributed by atoms with Gasteiger partial charge in [-0.15, -0.1) is 0 Å². The van der Waals surface area contributed by atoms with Crippen LogP contribution in [0.5, 0.6) is 5.75 Å². The van der Waals surface area contributed by atoms with Crippen molar-refractivity contribution in [2.24, 2.45) is 5.41 Å². The van der Waals surface area contributed by atoms with E-state index >= 15 is 0 Å². The Labute approximate surface area is 102 Å². The van der Waals surface area contributed by atoms with Crippen LogP contribution < -0.4 is 4.74 Å². The fraction of sp³-hybridized carbons (Fsp3) is 0.500. The fourth-order valence-electron chi connectivity index (χ4n) is 1.45. The number of hydrogen-bond donors (Lipinski definition) is 1. The molecule has 3 nitrogen and oxygen atoms in total. The second-order valence-corrected chi connectivity index (χ2v) is 4.95. The molecule has 3 heteroatoms. The molecule has 94 valence electrons. The standard InChI is InChI=1S/C14H20O3/c1-11-5-7-12(8-6-11)17-10-4-9-14(2,3)13(15)16/h5-8H,4,9-10H2,1-3H3,(H,15,16). The van der Waals surface area contributed by atoms with Crippen molar-refractivity contribution in [2.75, 3.05) is 6.61 Å². The van der Waals surface area contributed by atoms with Gasteiger partial charge in [0.2, 0.25) is 0 Å². The van der Waals surface area contributed by atoms with E-state index in [1.165, 1.54) is 5.56 Å². The molecule has 17 heavy (non-hydrogen) atoms. The third-order valence-electron chi connectivity index (χ3n) is 2.81. The molecule has 1 aromatic carbocycles. The minimum Gasteiger partial charge on any atom is -0.494 e. The van der Waals surface area contributed by atoms with E-state index in [1.807, 2.05) is 31.2 Å². The van der Waals surface area contributed by atoms with Crippen LogP contribution in [0.2, 0.25) is 0 Å². The van der Waals surface area contributed by atoms with Crippen molar-refractivity contribution in [1.29, 1.82) is 0 Å². The number of carboxylic acid groups (broad SMARTS) is 1. The topological polar surface area (TPSA) is 46.5 Å². The lowest BCUT2D eigenvalue weighted by Gasteiger charge is -2.18. The van der Waals surface area contributed by atoms with Crippen LogP contribution in [-0.2, 0) is 4.79 Å². The molecular formula is C14H20O3. The van der Waals surface area contributed by atoms with Crippen molar-refractivity contribution in [3.8, 4) is 5.75 Å². The number of carboxylic acids is 1. The molecule has 0 saturated heterocycles. The average Bonchev–Trinajstić information content (AvgIpc) is 2.26. The molecule has 0 aromatic heterocycles. The molecule has 0 bridgehead atoms. The van der Waals surface area contributed by atoms with Crippen LogP contribution in [0.4, 0.5) is 0 Å². The Kier molecular flexibility index (Phi) is 4.55. The van der Waals surface area contributed by atoms with Crippen LogP contribution in [0.15, 0.2) is 24.3 Å². The van der Waals surface area contributed by atoms with Gasteiger partial charge in [-0.25, -0.2) is 0 Å². The Morgan fingerprint density at radius 1 is 1.29 bits per heavy atom. The van der Waals surface area contributed by atoms with Crippen molar-refractivity contribution < 1.29 is 14.6 Å². The Morgan fingerprint density at radius 2 is 1.88 bits per heavy atom. The molecule has 0 saturated carbocycles. The summed E-state index contributed by atoms with van der Waals surface area (Å²) < 4.78 is 5.54. The van der Waals surface area contributed by atoms with Gasteiger partial charge in [-0.1, -0.05) is 17.7 Å². The summed E-state index contributed by atoms with van der Waals surface area (Å²) in [6, 6.07) is 7.85. The van der Waals surface area contributed by atoms with E-state index < -0.39 is 11.4 Å². The maximum atomic E-state index is 10.9. The van der Waals surface area contributed by atoms with Gasteiger partial charge in [0, 0.05) is 0 Å². The highest BCUT2D eigenvalue weighted by atomic mass is 16.5. The van der Waals surface area contributed by atoms with Crippen molar-refractivity contribution in [1.82, 2.24) is 0 Å². The summed E-state index contributed by atoms with van der Waals surface area (Å²) in [7, 11) is 0. The number of hydrogen-bond acceptors (Lipinski definition) is 2. The Bertz CT molecular complexity index is 366. The Balaban J connectivity index is 2.29. The maximum absolute atomic E-state index is 10.9. The summed E-state index contributed by atoms with van der Waals surface area (Å²) >= 11 is 0. The van der Waals surface area contributed by atoms with Crippen molar-refractivity contribution in [2.45, 2.75) is 33.6 Å². The first-order chi connectivity index (χ1) is 7.92. The van der Waals surface area contributed by atoms with Crippen LogP contribution in [0, 0.1) is 12.3 Å². The summed E-state index contributed by atoms with van der Waals surface area (Å²) in [5.74, 6) is 0.0802. The highest BCUT2D eigenvalue weighted by molar-refractivity contribution is 5.73. The largest absolute Gasteiger partial charge is 0.494 e. The zero-order chi connectivity index (χ0) is 12.9. The van der Waals surface area contributed by atoms with Crippen molar-refractivity contribution in [3.63, 3.8) is 0 Å². The predicted molar refractivity (Wildman–Crippen MR) is 67.3 cm³/mol. The first kappa shape index (κ1) is 13.6. The monoisotopic (exact) mass is 236 g/mol. The molecule has 0 atom stereocenters. The van der Waals surface area contributed by atoms with Crippen LogP contribution in [0.25, 0.3) is 0 Å². The van der Waals surface area contributed by atoms with E-state index in [0.29, 0.717) is 13.0 Å². The molecule has 0 fully saturated rings. The quantitative estimate of drug-likeness (QED) is 0.771. The normalized spacial score (nSPS) is 11.2. The maximum Gasteiger partial charge on any atom is 0.309 e. The Hall–Kier alpha value is -1.51. The minimum atomic E-state index is -0.757. The lowest BCUT2D eigenvalue weighted by atomic mass is 9.88. The lowest BCUT2D eigenvalue weighted by molar-refractivity contribution is -0.147. The van der Waals surface area contributed by atoms with E-state index in [-0.39, 0.29) is 0 Å². The first-order valence-corrected chi connectivity index (χ1v) is 5.85. The number of benzene rings is 1. The molecule has 0 spiro atoms. The molecule has 0 aliphatic carbocycles. The number of ether oxygens (including phenoxy) is 1. The summed E-state index contributed by atoms with van der Waals surface area (Å²) in [6.45, 7) is 6.06. The second kappa shape index (κ2) is 5.71. The predicted octanol–water partition coefficient (Wildman–Crippen LogP) is 3.26. The van der Waals surface area contributed by atoms with Crippen LogP contribution in [0.1, 0.15) is 32.3 Å². The molecular weight excluding hydrogens is 216 g/mol.